The summed E-state index contributed by atoms with van der Waals surface area (Å²) in [7, 11) is 3.08. The minimum absolute atomic E-state index is 0.114. The summed E-state index contributed by atoms with van der Waals surface area (Å²) in [4.78, 5) is 26.0. The van der Waals surface area contributed by atoms with Crippen molar-refractivity contribution in [1.29, 1.82) is 0 Å². The lowest BCUT2D eigenvalue weighted by atomic mass is 9.95. The van der Waals surface area contributed by atoms with Gasteiger partial charge in [0.1, 0.15) is 17.6 Å². The fourth-order valence-electron chi connectivity index (χ4n) is 3.34. The van der Waals surface area contributed by atoms with Crippen molar-refractivity contribution in [2.45, 2.75) is 19.6 Å². The number of fused-ring (bicyclic) bond motifs is 1. The molecule has 0 fully saturated rings. The Kier molecular flexibility index (Phi) is 6.23. The van der Waals surface area contributed by atoms with Crippen molar-refractivity contribution >= 4 is 17.7 Å². The Hall–Kier alpha value is -3.26. The maximum Gasteiger partial charge on any atom is 0.338 e. The number of aliphatic hydroxyl groups excluding tert-OH is 1. The van der Waals surface area contributed by atoms with Gasteiger partial charge in [-0.1, -0.05) is 0 Å². The number of carbonyl (C=O) groups excluding carboxylic acids is 2. The molecule has 0 bridgehead atoms. The van der Waals surface area contributed by atoms with Gasteiger partial charge in [-0.25, -0.2) is 9.59 Å². The molecule has 1 aliphatic heterocycles. The number of hydrogen-bond acceptors (Lipinski definition) is 6. The van der Waals surface area contributed by atoms with Crippen molar-refractivity contribution in [3.63, 3.8) is 0 Å². The van der Waals surface area contributed by atoms with E-state index in [-0.39, 0.29) is 19.1 Å². The molecule has 0 saturated heterocycles. The number of urea groups is 1. The molecule has 0 saturated carbocycles. The van der Waals surface area contributed by atoms with E-state index in [1.54, 1.807) is 50.4 Å². The van der Waals surface area contributed by atoms with Crippen LogP contribution in [0.4, 0.5) is 10.5 Å². The topological polar surface area (TPSA) is 97.3 Å². The Bertz CT molecular complexity index is 897. The molecule has 0 aliphatic carbocycles. The Morgan fingerprint density at radius 2 is 1.76 bits per heavy atom. The van der Waals surface area contributed by atoms with E-state index in [2.05, 4.69) is 5.32 Å². The molecule has 1 aliphatic rings. The average Bonchev–Trinajstić information content (AvgIpc) is 2.73. The first-order chi connectivity index (χ1) is 14.0. The first-order valence-electron chi connectivity index (χ1n) is 9.23. The van der Waals surface area contributed by atoms with Gasteiger partial charge >= 0.3 is 12.0 Å². The Balaban J connectivity index is 1.76. The highest BCUT2D eigenvalue weighted by atomic mass is 16.5. The van der Waals surface area contributed by atoms with Gasteiger partial charge in [0, 0.05) is 16.8 Å². The first-order valence-corrected chi connectivity index (χ1v) is 9.23. The van der Waals surface area contributed by atoms with E-state index in [1.807, 2.05) is 0 Å². The Morgan fingerprint density at radius 3 is 2.38 bits per heavy atom. The van der Waals surface area contributed by atoms with Gasteiger partial charge in [-0.3, -0.25) is 0 Å². The molecule has 0 radical (unpaired) electrons. The second-order valence-corrected chi connectivity index (χ2v) is 6.49. The summed E-state index contributed by atoms with van der Waals surface area (Å²) in [6, 6.07) is 9.54. The van der Waals surface area contributed by atoms with Crippen LogP contribution in [0.15, 0.2) is 36.4 Å². The number of methoxy groups -OCH3 is 2. The van der Waals surface area contributed by atoms with Crippen LogP contribution in [-0.2, 0) is 11.3 Å². The van der Waals surface area contributed by atoms with Gasteiger partial charge in [-0.2, -0.15) is 0 Å². The predicted molar refractivity (Wildman–Crippen MR) is 106 cm³/mol. The van der Waals surface area contributed by atoms with Crippen molar-refractivity contribution < 1.29 is 28.9 Å². The van der Waals surface area contributed by atoms with Crippen LogP contribution in [0, 0.1) is 0 Å². The number of hydrogen-bond donors (Lipinski definition) is 2. The molecule has 8 nitrogen and oxygen atoms in total. The summed E-state index contributed by atoms with van der Waals surface area (Å²) in [6.45, 7) is 2.41. The lowest BCUT2D eigenvalue weighted by Gasteiger charge is -2.34. The number of amides is 2. The normalized spacial score (nSPS) is 15.3. The Labute approximate surface area is 169 Å². The van der Waals surface area contributed by atoms with E-state index in [9.17, 15) is 14.7 Å². The van der Waals surface area contributed by atoms with Gasteiger partial charge in [-0.05, 0) is 43.3 Å². The third-order valence-corrected chi connectivity index (χ3v) is 4.72. The lowest BCUT2D eigenvalue weighted by Crippen LogP contribution is -2.41. The molecule has 3 rings (SSSR count). The third kappa shape index (κ3) is 4.27. The zero-order valence-electron chi connectivity index (χ0n) is 16.6. The highest BCUT2D eigenvalue weighted by Gasteiger charge is 2.32. The van der Waals surface area contributed by atoms with Crippen molar-refractivity contribution in [3.05, 3.63) is 53.1 Å². The van der Waals surface area contributed by atoms with Crippen LogP contribution in [-0.4, -0.2) is 49.4 Å². The fourth-order valence-corrected chi connectivity index (χ4v) is 3.34. The maximum atomic E-state index is 12.7. The summed E-state index contributed by atoms with van der Waals surface area (Å²) in [5.41, 5.74) is 2.28. The van der Waals surface area contributed by atoms with Crippen molar-refractivity contribution in [1.82, 2.24) is 4.90 Å². The standard InChI is InChI=1S/C21H24N2O6/c1-4-29-20(25)13-5-7-14(8-6-13)22-21(26)23-11-15-17(27-2)9-10-18(28-3)19(15)16(24)12-23/h5-10,16,24H,4,11-12H2,1-3H3,(H,22,26)/t16-/m0/s1. The van der Waals surface area contributed by atoms with Crippen molar-refractivity contribution in [2.75, 3.05) is 32.7 Å². The fraction of sp³-hybridized carbons (Fsp3) is 0.333. The van der Waals surface area contributed by atoms with E-state index in [0.29, 0.717) is 40.5 Å². The molecule has 1 heterocycles. The number of rotatable bonds is 5. The molecular formula is C21H24N2O6. The van der Waals surface area contributed by atoms with Gasteiger partial charge < -0.3 is 29.5 Å². The van der Waals surface area contributed by atoms with Gasteiger partial charge in [0.2, 0.25) is 0 Å². The minimum atomic E-state index is -0.902. The number of nitrogens with one attached hydrogen (secondary N) is 1. The molecule has 2 aromatic carbocycles. The molecule has 0 spiro atoms. The highest BCUT2D eigenvalue weighted by Crippen LogP contribution is 2.39. The van der Waals surface area contributed by atoms with Crippen molar-refractivity contribution in [3.8, 4) is 11.5 Å². The average molecular weight is 400 g/mol. The Morgan fingerprint density at radius 1 is 1.10 bits per heavy atom. The SMILES string of the molecule is CCOC(=O)c1ccc(NC(=O)N2Cc3c(OC)ccc(OC)c3[C@@H](O)C2)cc1. The zero-order chi connectivity index (χ0) is 21.0. The lowest BCUT2D eigenvalue weighted by molar-refractivity contribution is 0.0526. The first kappa shape index (κ1) is 20.5. The number of aliphatic hydroxyl groups is 1. The monoisotopic (exact) mass is 400 g/mol. The molecule has 0 aromatic heterocycles. The smallest absolute Gasteiger partial charge is 0.338 e. The van der Waals surface area contributed by atoms with Crippen LogP contribution in [0.25, 0.3) is 0 Å². The number of β-amino-alcohol motifs (C(OH)–C–C–N with tert-alkyl or cyclic N) is 1. The largest absolute Gasteiger partial charge is 0.496 e. The summed E-state index contributed by atoms with van der Waals surface area (Å²) >= 11 is 0. The second kappa shape index (κ2) is 8.83. The molecule has 0 unspecified atom stereocenters. The summed E-state index contributed by atoms with van der Waals surface area (Å²) in [5, 5.41) is 13.4. The van der Waals surface area contributed by atoms with E-state index >= 15 is 0 Å². The molecule has 154 valence electrons. The summed E-state index contributed by atoms with van der Waals surface area (Å²) in [6.07, 6.45) is -0.902. The molecular weight excluding hydrogens is 376 g/mol. The number of nitrogens with zero attached hydrogens (tertiary/aromatic N) is 1. The van der Waals surface area contributed by atoms with Gasteiger partial charge in [0.15, 0.2) is 0 Å². The van der Waals surface area contributed by atoms with Crippen LogP contribution in [0.2, 0.25) is 0 Å². The highest BCUT2D eigenvalue weighted by molar-refractivity contribution is 5.92. The molecule has 8 heteroatoms. The molecule has 1 atom stereocenters. The summed E-state index contributed by atoms with van der Waals surface area (Å²) in [5.74, 6) is 0.723. The van der Waals surface area contributed by atoms with Gasteiger partial charge in [-0.15, -0.1) is 0 Å². The molecule has 29 heavy (non-hydrogen) atoms. The zero-order valence-corrected chi connectivity index (χ0v) is 16.6. The van der Waals surface area contributed by atoms with Crippen LogP contribution in [0.1, 0.15) is 34.5 Å². The minimum Gasteiger partial charge on any atom is -0.496 e. The van der Waals surface area contributed by atoms with E-state index < -0.39 is 12.1 Å². The van der Waals surface area contributed by atoms with Crippen LogP contribution < -0.4 is 14.8 Å². The molecule has 2 N–H and O–H groups in total. The number of ether oxygens (including phenoxy) is 3. The van der Waals surface area contributed by atoms with E-state index in [4.69, 9.17) is 14.2 Å². The molecule has 2 amide bonds. The number of esters is 1. The quantitative estimate of drug-likeness (QED) is 0.749. The van der Waals surface area contributed by atoms with E-state index in [0.717, 1.165) is 0 Å². The van der Waals surface area contributed by atoms with Gasteiger partial charge in [0.05, 0.1) is 39.5 Å². The maximum absolute atomic E-state index is 12.7. The number of anilines is 1. The molecule has 2 aromatic rings. The van der Waals surface area contributed by atoms with Crippen molar-refractivity contribution in [2.24, 2.45) is 0 Å². The van der Waals surface area contributed by atoms with Gasteiger partial charge in [0.25, 0.3) is 0 Å². The van der Waals surface area contributed by atoms with Crippen LogP contribution in [0.5, 0.6) is 11.5 Å². The number of benzene rings is 2. The van der Waals surface area contributed by atoms with Crippen LogP contribution in [0.3, 0.4) is 0 Å². The third-order valence-electron chi connectivity index (χ3n) is 4.72. The summed E-state index contributed by atoms with van der Waals surface area (Å²) < 4.78 is 15.7. The number of carbonyl (C=O) groups is 2. The van der Waals surface area contributed by atoms with Crippen LogP contribution >= 0.6 is 0 Å². The van der Waals surface area contributed by atoms with E-state index in [1.165, 1.54) is 12.0 Å². The second-order valence-electron chi connectivity index (χ2n) is 6.49. The predicted octanol–water partition coefficient (Wildman–Crippen LogP) is 2.96.